The van der Waals surface area contributed by atoms with Crippen molar-refractivity contribution in [2.75, 3.05) is 25.4 Å². The second-order valence-corrected chi connectivity index (χ2v) is 7.25. The fourth-order valence-corrected chi connectivity index (χ4v) is 4.04. The first-order valence-electron chi connectivity index (χ1n) is 8.25. The fourth-order valence-electron chi connectivity index (χ4n) is 2.80. The first-order chi connectivity index (χ1) is 12.5. The second-order valence-electron chi connectivity index (χ2n) is 5.94. The molecule has 1 aliphatic heterocycles. The lowest BCUT2D eigenvalue weighted by Crippen LogP contribution is -2.36. The van der Waals surface area contributed by atoms with Gasteiger partial charge in [-0.15, -0.1) is 0 Å². The normalized spacial score (nSPS) is 17.7. The third kappa shape index (κ3) is 4.72. The third-order valence-electron chi connectivity index (χ3n) is 4.18. The summed E-state index contributed by atoms with van der Waals surface area (Å²) in [6.07, 6.45) is 0.535. The van der Waals surface area contributed by atoms with E-state index in [9.17, 15) is 18.0 Å². The van der Waals surface area contributed by atoms with Crippen LogP contribution in [0.4, 0.5) is 13.2 Å². The van der Waals surface area contributed by atoms with Crippen molar-refractivity contribution in [2.45, 2.75) is 11.7 Å². The van der Waals surface area contributed by atoms with Crippen molar-refractivity contribution < 1.29 is 22.7 Å². The number of halogens is 3. The summed E-state index contributed by atoms with van der Waals surface area (Å²) in [5.74, 6) is -0.402. The quantitative estimate of drug-likeness (QED) is 0.795. The summed E-state index contributed by atoms with van der Waals surface area (Å²) >= 11 is 1.51. The van der Waals surface area contributed by atoms with E-state index in [1.54, 1.807) is 4.90 Å². The van der Waals surface area contributed by atoms with Crippen molar-refractivity contribution in [2.24, 2.45) is 0 Å². The van der Waals surface area contributed by atoms with E-state index in [0.29, 0.717) is 36.6 Å². The highest BCUT2D eigenvalue weighted by Crippen LogP contribution is 2.36. The Labute approximate surface area is 154 Å². The molecule has 0 spiro atoms. The Kier molecular flexibility index (Phi) is 6.08. The maximum atomic E-state index is 14.0. The van der Waals surface area contributed by atoms with Gasteiger partial charge in [0, 0.05) is 29.7 Å². The number of amides is 1. The van der Waals surface area contributed by atoms with Gasteiger partial charge in [0.2, 0.25) is 0 Å². The molecular weight excluding hydrogens is 363 g/mol. The standard InChI is InChI=1S/C19H18F3NO2S/c20-13-1-4-15(5-2-13)25-12-19(24)23-8-7-18(26-10-9-23)16-11-14(21)3-6-17(16)22/h1-6,11,18H,7-10,12H2. The molecule has 0 aliphatic carbocycles. The van der Waals surface area contributed by atoms with Crippen molar-refractivity contribution in [3.8, 4) is 5.75 Å². The summed E-state index contributed by atoms with van der Waals surface area (Å²) in [7, 11) is 0. The van der Waals surface area contributed by atoms with E-state index < -0.39 is 11.6 Å². The zero-order valence-corrected chi connectivity index (χ0v) is 14.8. The van der Waals surface area contributed by atoms with Gasteiger partial charge in [0.15, 0.2) is 6.61 Å². The number of hydrogen-bond donors (Lipinski definition) is 0. The molecule has 3 nitrogen and oxygen atoms in total. The molecule has 1 aliphatic rings. The van der Waals surface area contributed by atoms with Crippen molar-refractivity contribution in [3.63, 3.8) is 0 Å². The van der Waals surface area contributed by atoms with E-state index in [1.807, 2.05) is 0 Å². The highest BCUT2D eigenvalue weighted by molar-refractivity contribution is 7.99. The van der Waals surface area contributed by atoms with Crippen LogP contribution in [0.15, 0.2) is 42.5 Å². The Bertz CT molecular complexity index is 770. The molecule has 1 atom stereocenters. The molecule has 0 N–H and O–H groups in total. The van der Waals surface area contributed by atoms with Gasteiger partial charge in [-0.1, -0.05) is 0 Å². The van der Waals surface area contributed by atoms with Gasteiger partial charge >= 0.3 is 0 Å². The molecule has 1 amide bonds. The van der Waals surface area contributed by atoms with Gasteiger partial charge in [-0.05, 0) is 48.9 Å². The zero-order chi connectivity index (χ0) is 18.5. The van der Waals surface area contributed by atoms with E-state index in [4.69, 9.17) is 4.74 Å². The van der Waals surface area contributed by atoms with Crippen molar-refractivity contribution in [1.29, 1.82) is 0 Å². The van der Waals surface area contributed by atoms with E-state index in [-0.39, 0.29) is 23.6 Å². The third-order valence-corrected chi connectivity index (χ3v) is 5.49. The number of benzene rings is 2. The van der Waals surface area contributed by atoms with Gasteiger partial charge in [0.1, 0.15) is 23.2 Å². The molecular formula is C19H18F3NO2S. The van der Waals surface area contributed by atoms with Gasteiger partial charge in [-0.25, -0.2) is 13.2 Å². The van der Waals surface area contributed by atoms with Gasteiger partial charge in [-0.3, -0.25) is 4.79 Å². The van der Waals surface area contributed by atoms with Crippen LogP contribution in [0.2, 0.25) is 0 Å². The lowest BCUT2D eigenvalue weighted by Gasteiger charge is -2.20. The van der Waals surface area contributed by atoms with Crippen LogP contribution in [0.3, 0.4) is 0 Å². The maximum absolute atomic E-state index is 14.0. The summed E-state index contributed by atoms with van der Waals surface area (Å²) in [5, 5.41) is -0.193. The summed E-state index contributed by atoms with van der Waals surface area (Å²) in [6.45, 7) is 0.818. The monoisotopic (exact) mass is 381 g/mol. The van der Waals surface area contributed by atoms with Gasteiger partial charge < -0.3 is 9.64 Å². The number of thioether (sulfide) groups is 1. The molecule has 1 unspecified atom stereocenters. The second kappa shape index (κ2) is 8.49. The lowest BCUT2D eigenvalue weighted by atomic mass is 10.1. The summed E-state index contributed by atoms with van der Waals surface area (Å²) in [5.41, 5.74) is 0.340. The highest BCUT2D eigenvalue weighted by Gasteiger charge is 2.24. The largest absolute Gasteiger partial charge is 0.484 e. The SMILES string of the molecule is O=C(COc1ccc(F)cc1)N1CCSC(c2cc(F)ccc2F)CC1. The van der Waals surface area contributed by atoms with Crippen LogP contribution in [0.1, 0.15) is 17.2 Å². The number of ether oxygens (including phenoxy) is 1. The van der Waals surface area contributed by atoms with Crippen LogP contribution < -0.4 is 4.74 Å². The van der Waals surface area contributed by atoms with E-state index in [1.165, 1.54) is 42.1 Å². The van der Waals surface area contributed by atoms with Gasteiger partial charge in [-0.2, -0.15) is 11.8 Å². The Morgan fingerprint density at radius 2 is 1.81 bits per heavy atom. The Morgan fingerprint density at radius 1 is 1.08 bits per heavy atom. The van der Waals surface area contributed by atoms with E-state index in [2.05, 4.69) is 0 Å². The summed E-state index contributed by atoms with van der Waals surface area (Å²) in [6, 6.07) is 8.91. The predicted molar refractivity (Wildman–Crippen MR) is 94.6 cm³/mol. The van der Waals surface area contributed by atoms with Gasteiger partial charge in [0.25, 0.3) is 5.91 Å². The average Bonchev–Trinajstić information content (AvgIpc) is 2.89. The van der Waals surface area contributed by atoms with E-state index in [0.717, 1.165) is 12.1 Å². The average molecular weight is 381 g/mol. The van der Waals surface area contributed by atoms with Crippen molar-refractivity contribution in [3.05, 3.63) is 65.5 Å². The highest BCUT2D eigenvalue weighted by atomic mass is 32.2. The summed E-state index contributed by atoms with van der Waals surface area (Å²) < 4.78 is 45.6. The van der Waals surface area contributed by atoms with Crippen molar-refractivity contribution >= 4 is 17.7 Å². The van der Waals surface area contributed by atoms with Crippen molar-refractivity contribution in [1.82, 2.24) is 4.90 Å². The minimum Gasteiger partial charge on any atom is -0.484 e. The molecule has 0 radical (unpaired) electrons. The van der Waals surface area contributed by atoms with Crippen LogP contribution in [0.25, 0.3) is 0 Å². The Balaban J connectivity index is 1.56. The smallest absolute Gasteiger partial charge is 0.260 e. The number of carbonyl (C=O) groups excluding carboxylic acids is 1. The minimum atomic E-state index is -0.466. The Hall–Kier alpha value is -2.15. The molecule has 0 aromatic heterocycles. The summed E-state index contributed by atoms with van der Waals surface area (Å²) in [4.78, 5) is 14.0. The first kappa shape index (κ1) is 18.6. The molecule has 1 saturated heterocycles. The molecule has 26 heavy (non-hydrogen) atoms. The van der Waals surface area contributed by atoms with Gasteiger partial charge in [0.05, 0.1) is 0 Å². The van der Waals surface area contributed by atoms with Crippen LogP contribution in [0.5, 0.6) is 5.75 Å². The van der Waals surface area contributed by atoms with Crippen LogP contribution in [-0.2, 0) is 4.79 Å². The van der Waals surface area contributed by atoms with Crippen LogP contribution in [-0.4, -0.2) is 36.3 Å². The Morgan fingerprint density at radius 3 is 2.58 bits per heavy atom. The molecule has 1 heterocycles. The zero-order valence-electron chi connectivity index (χ0n) is 14.0. The molecule has 1 fully saturated rings. The molecule has 138 valence electrons. The first-order valence-corrected chi connectivity index (χ1v) is 9.30. The van der Waals surface area contributed by atoms with Crippen LogP contribution in [0, 0.1) is 17.5 Å². The molecule has 7 heteroatoms. The van der Waals surface area contributed by atoms with E-state index >= 15 is 0 Å². The lowest BCUT2D eigenvalue weighted by molar-refractivity contribution is -0.133. The number of carbonyl (C=O) groups is 1. The molecule has 3 rings (SSSR count). The molecule has 0 bridgehead atoms. The number of hydrogen-bond acceptors (Lipinski definition) is 3. The molecule has 0 saturated carbocycles. The topological polar surface area (TPSA) is 29.5 Å². The molecule has 2 aromatic carbocycles. The predicted octanol–water partition coefficient (Wildman–Crippen LogP) is 4.19. The van der Waals surface area contributed by atoms with Crippen LogP contribution >= 0.6 is 11.8 Å². The maximum Gasteiger partial charge on any atom is 0.260 e. The minimum absolute atomic E-state index is 0.144. The number of nitrogens with zero attached hydrogens (tertiary/aromatic N) is 1. The molecule has 2 aromatic rings. The fraction of sp³-hybridized carbons (Fsp3) is 0.316. The number of rotatable bonds is 4.